The molecule has 0 bridgehead atoms. The van der Waals surface area contributed by atoms with Crippen LogP contribution in [0.1, 0.15) is 42.1 Å². The number of benzene rings is 2. The monoisotopic (exact) mass is 520 g/mol. The number of fused-ring (bicyclic) bond motifs is 1. The summed E-state index contributed by atoms with van der Waals surface area (Å²) >= 11 is 1.64. The number of carboxylic acids is 1. The Hall–Kier alpha value is -4.12. The first-order valence-electron chi connectivity index (χ1n) is 12.0. The van der Waals surface area contributed by atoms with Crippen LogP contribution in [0.4, 0.5) is 16.4 Å². The SMILES string of the molecule is CCCCCn1c(O)c(N=NC(=O)Nc2ncc[nH]2)c2cc(SCCc3ccc(C(=O)O)cc3)ccc21. The Morgan fingerprint density at radius 3 is 2.68 bits per heavy atom. The number of anilines is 1. The molecule has 0 atom stereocenters. The van der Waals surface area contributed by atoms with Crippen molar-refractivity contribution in [1.82, 2.24) is 14.5 Å². The minimum atomic E-state index is -0.939. The van der Waals surface area contributed by atoms with Gasteiger partial charge in [-0.2, -0.15) is 0 Å². The summed E-state index contributed by atoms with van der Waals surface area (Å²) in [5.74, 6) is 0.0713. The maximum absolute atomic E-state index is 12.2. The molecule has 2 amide bonds. The number of carboxylic acid groups (broad SMARTS) is 1. The second kappa shape index (κ2) is 12.2. The zero-order chi connectivity index (χ0) is 26.2. The van der Waals surface area contributed by atoms with Crippen LogP contribution in [0.2, 0.25) is 0 Å². The van der Waals surface area contributed by atoms with Crippen molar-refractivity contribution in [1.29, 1.82) is 0 Å². The Morgan fingerprint density at radius 1 is 1.16 bits per heavy atom. The third-order valence-corrected chi connectivity index (χ3v) is 6.79. The van der Waals surface area contributed by atoms with E-state index in [0.717, 1.165) is 47.4 Å². The van der Waals surface area contributed by atoms with Gasteiger partial charge < -0.3 is 19.8 Å². The number of urea groups is 1. The molecule has 0 saturated heterocycles. The molecule has 0 saturated carbocycles. The molecule has 10 nitrogen and oxygen atoms in total. The number of carbonyl (C=O) groups excluding carboxylic acids is 1. The van der Waals surface area contributed by atoms with Crippen molar-refractivity contribution in [2.75, 3.05) is 11.1 Å². The van der Waals surface area contributed by atoms with Crippen LogP contribution in [0.3, 0.4) is 0 Å². The van der Waals surface area contributed by atoms with E-state index in [1.165, 1.54) is 6.20 Å². The molecule has 4 rings (SSSR count). The fourth-order valence-electron chi connectivity index (χ4n) is 3.89. The number of hydrogen-bond acceptors (Lipinski definition) is 6. The average Bonchev–Trinajstić information content (AvgIpc) is 3.49. The fourth-order valence-corrected chi connectivity index (χ4v) is 4.83. The second-order valence-electron chi connectivity index (χ2n) is 8.38. The maximum atomic E-state index is 12.2. The highest BCUT2D eigenvalue weighted by atomic mass is 32.2. The number of azo groups is 1. The van der Waals surface area contributed by atoms with E-state index in [4.69, 9.17) is 5.11 Å². The molecular formula is C26H28N6O4S. The molecule has 0 radical (unpaired) electrons. The predicted molar refractivity (Wildman–Crippen MR) is 143 cm³/mol. The third-order valence-electron chi connectivity index (χ3n) is 5.79. The normalized spacial score (nSPS) is 11.4. The summed E-state index contributed by atoms with van der Waals surface area (Å²) in [6.07, 6.45) is 6.84. The summed E-state index contributed by atoms with van der Waals surface area (Å²) in [5, 5.41) is 31.0. The van der Waals surface area contributed by atoms with Crippen LogP contribution >= 0.6 is 11.8 Å². The largest absolute Gasteiger partial charge is 0.493 e. The van der Waals surface area contributed by atoms with Gasteiger partial charge in [0.1, 0.15) is 0 Å². The molecule has 192 valence electrons. The first-order chi connectivity index (χ1) is 18.0. The molecule has 0 fully saturated rings. The molecular weight excluding hydrogens is 492 g/mol. The van der Waals surface area contributed by atoms with Gasteiger partial charge in [-0.1, -0.05) is 37.0 Å². The number of aromatic hydroxyl groups is 1. The summed E-state index contributed by atoms with van der Waals surface area (Å²) in [7, 11) is 0. The molecule has 0 spiro atoms. The number of unbranched alkanes of at least 4 members (excludes halogenated alkanes) is 2. The van der Waals surface area contributed by atoms with E-state index in [1.54, 1.807) is 30.1 Å². The van der Waals surface area contributed by atoms with Crippen molar-refractivity contribution in [3.8, 4) is 5.88 Å². The molecule has 4 N–H and O–H groups in total. The fraction of sp³-hybridized carbons (Fsp3) is 0.269. The van der Waals surface area contributed by atoms with Crippen LogP contribution in [-0.4, -0.2) is 42.5 Å². The van der Waals surface area contributed by atoms with Crippen LogP contribution in [0.25, 0.3) is 10.9 Å². The van der Waals surface area contributed by atoms with Gasteiger partial charge in [-0.05, 0) is 48.7 Å². The quantitative estimate of drug-likeness (QED) is 0.0994. The average molecular weight is 521 g/mol. The minimum absolute atomic E-state index is 0.0266. The molecule has 0 unspecified atom stereocenters. The van der Waals surface area contributed by atoms with Crippen LogP contribution in [-0.2, 0) is 13.0 Å². The number of thioether (sulfide) groups is 1. The number of aromatic nitrogens is 3. The molecule has 0 aliphatic rings. The number of aromatic carboxylic acids is 1. The Kier molecular flexibility index (Phi) is 8.57. The van der Waals surface area contributed by atoms with Crippen LogP contribution in [0.15, 0.2) is 70.0 Å². The standard InChI is InChI=1S/C26H28N6O4S/c1-2-3-4-14-32-21-10-9-19(37-15-11-17-5-7-18(8-6-17)24(34)35)16-20(21)22(23(32)33)30-31-26(36)29-25-27-12-13-28-25/h5-10,12-13,16,33H,2-4,11,14-15H2,1H3,(H,34,35)(H2,27,28,29,36). The molecule has 2 heterocycles. The van der Waals surface area contributed by atoms with Gasteiger partial charge in [0, 0.05) is 35.0 Å². The molecule has 37 heavy (non-hydrogen) atoms. The summed E-state index contributed by atoms with van der Waals surface area (Å²) < 4.78 is 1.81. The van der Waals surface area contributed by atoms with Crippen LogP contribution in [0.5, 0.6) is 5.88 Å². The molecule has 11 heteroatoms. The minimum Gasteiger partial charge on any atom is -0.493 e. The van der Waals surface area contributed by atoms with Gasteiger partial charge in [-0.3, -0.25) is 5.32 Å². The molecule has 4 aromatic rings. The van der Waals surface area contributed by atoms with E-state index in [1.807, 2.05) is 34.9 Å². The van der Waals surface area contributed by atoms with Crippen molar-refractivity contribution in [3.63, 3.8) is 0 Å². The van der Waals surface area contributed by atoms with Crippen molar-refractivity contribution >= 4 is 46.3 Å². The number of H-pyrrole nitrogens is 1. The number of aromatic amines is 1. The predicted octanol–water partition coefficient (Wildman–Crippen LogP) is 6.61. The molecule has 2 aromatic carbocycles. The van der Waals surface area contributed by atoms with Gasteiger partial charge in [0.15, 0.2) is 5.69 Å². The smallest absolute Gasteiger partial charge is 0.366 e. The Balaban J connectivity index is 1.53. The zero-order valence-electron chi connectivity index (χ0n) is 20.3. The number of imidazole rings is 1. The second-order valence-corrected chi connectivity index (χ2v) is 9.55. The highest BCUT2D eigenvalue weighted by Gasteiger charge is 2.18. The lowest BCUT2D eigenvalue weighted by Gasteiger charge is -2.07. The van der Waals surface area contributed by atoms with E-state index in [9.17, 15) is 14.7 Å². The van der Waals surface area contributed by atoms with Gasteiger partial charge in [0.2, 0.25) is 11.8 Å². The van der Waals surface area contributed by atoms with Crippen LogP contribution in [0, 0.1) is 0 Å². The molecule has 2 aromatic heterocycles. The highest BCUT2D eigenvalue weighted by Crippen LogP contribution is 2.41. The first kappa shape index (κ1) is 26.0. The van der Waals surface area contributed by atoms with Gasteiger partial charge in [0.25, 0.3) is 0 Å². The van der Waals surface area contributed by atoms with Gasteiger partial charge in [0.05, 0.1) is 11.1 Å². The van der Waals surface area contributed by atoms with Gasteiger partial charge in [-0.25, -0.2) is 14.6 Å². The van der Waals surface area contributed by atoms with Crippen molar-refractivity contribution < 1.29 is 19.8 Å². The molecule has 0 aliphatic heterocycles. The van der Waals surface area contributed by atoms with Gasteiger partial charge in [-0.15, -0.1) is 16.9 Å². The third kappa shape index (κ3) is 6.56. The number of rotatable bonds is 11. The number of nitrogens with one attached hydrogen (secondary N) is 2. The van der Waals surface area contributed by atoms with Gasteiger partial charge >= 0.3 is 12.0 Å². The number of aryl methyl sites for hydroxylation is 2. The van der Waals surface area contributed by atoms with E-state index in [2.05, 4.69) is 32.4 Å². The number of hydrogen-bond donors (Lipinski definition) is 4. The molecule has 0 aliphatic carbocycles. The maximum Gasteiger partial charge on any atom is 0.366 e. The lowest BCUT2D eigenvalue weighted by atomic mass is 10.1. The highest BCUT2D eigenvalue weighted by molar-refractivity contribution is 7.99. The van der Waals surface area contributed by atoms with Crippen molar-refractivity contribution in [2.45, 2.75) is 44.0 Å². The number of amides is 2. The van der Waals surface area contributed by atoms with E-state index >= 15 is 0 Å². The Labute approximate surface area is 217 Å². The van der Waals surface area contributed by atoms with E-state index in [0.29, 0.717) is 11.9 Å². The van der Waals surface area contributed by atoms with E-state index in [-0.39, 0.29) is 23.1 Å². The lowest BCUT2D eigenvalue weighted by Crippen LogP contribution is -2.06. The van der Waals surface area contributed by atoms with Crippen molar-refractivity contribution in [2.24, 2.45) is 10.2 Å². The Bertz CT molecular complexity index is 1400. The summed E-state index contributed by atoms with van der Waals surface area (Å²) in [5.41, 5.74) is 2.38. The summed E-state index contributed by atoms with van der Waals surface area (Å²) in [4.78, 5) is 30.9. The zero-order valence-corrected chi connectivity index (χ0v) is 21.2. The Morgan fingerprint density at radius 2 is 1.97 bits per heavy atom. The van der Waals surface area contributed by atoms with Crippen LogP contribution < -0.4 is 5.32 Å². The summed E-state index contributed by atoms with van der Waals surface area (Å²) in [6.45, 7) is 2.75. The number of nitrogens with zero attached hydrogens (tertiary/aromatic N) is 4. The topological polar surface area (TPSA) is 145 Å². The lowest BCUT2D eigenvalue weighted by molar-refractivity contribution is 0.0697. The number of carbonyl (C=O) groups is 2. The first-order valence-corrected chi connectivity index (χ1v) is 13.0. The van der Waals surface area contributed by atoms with Crippen molar-refractivity contribution in [3.05, 3.63) is 66.0 Å². The summed E-state index contributed by atoms with van der Waals surface area (Å²) in [6, 6.07) is 12.1. The van der Waals surface area contributed by atoms with E-state index < -0.39 is 12.0 Å².